The van der Waals surface area contributed by atoms with Crippen molar-refractivity contribution >= 4 is 0 Å². The minimum Gasteiger partial charge on any atom is -0.493 e. The molecule has 18 heavy (non-hydrogen) atoms. The van der Waals surface area contributed by atoms with E-state index in [1.54, 1.807) is 0 Å². The molecule has 0 unspecified atom stereocenters. The Kier molecular flexibility index (Phi) is 6.20. The predicted molar refractivity (Wildman–Crippen MR) is 78.1 cm³/mol. The first-order valence-corrected chi connectivity index (χ1v) is 6.95. The largest absolute Gasteiger partial charge is 0.493 e. The summed E-state index contributed by atoms with van der Waals surface area (Å²) in [5.74, 6) is 1.75. The summed E-state index contributed by atoms with van der Waals surface area (Å²) in [4.78, 5) is 0. The van der Waals surface area contributed by atoms with Gasteiger partial charge in [-0.25, -0.2) is 0 Å². The molecule has 0 radical (unpaired) electrons. The molecule has 0 heterocycles. The predicted octanol–water partition coefficient (Wildman–Crippen LogP) is 3.92. The summed E-state index contributed by atoms with van der Waals surface area (Å²) < 4.78 is 5.97. The van der Waals surface area contributed by atoms with Crippen LogP contribution in [-0.4, -0.2) is 12.6 Å². The molecule has 0 aliphatic carbocycles. The normalized spacial score (nSPS) is 11.3. The van der Waals surface area contributed by atoms with Crippen molar-refractivity contribution in [3.05, 3.63) is 29.3 Å². The molecule has 2 nitrogen and oxygen atoms in total. The average molecular weight is 249 g/mol. The number of ether oxygens (including phenoxy) is 1. The Balaban J connectivity index is 2.67. The second-order valence-electron chi connectivity index (χ2n) is 5.63. The lowest BCUT2D eigenvalue weighted by atomic mass is 10.1. The Bertz CT molecular complexity index is 358. The Morgan fingerprint density at radius 2 is 1.89 bits per heavy atom. The number of hydrogen-bond acceptors (Lipinski definition) is 2. The topological polar surface area (TPSA) is 21.3 Å². The Hall–Kier alpha value is -1.02. The van der Waals surface area contributed by atoms with E-state index in [2.05, 4.69) is 58.1 Å². The lowest BCUT2D eigenvalue weighted by molar-refractivity contribution is 0.284. The van der Waals surface area contributed by atoms with Crippen LogP contribution >= 0.6 is 0 Å². The van der Waals surface area contributed by atoms with E-state index in [4.69, 9.17) is 4.74 Å². The lowest BCUT2D eigenvalue weighted by Crippen LogP contribution is -2.22. The molecule has 0 amide bonds. The minimum absolute atomic E-state index is 0.494. The maximum absolute atomic E-state index is 5.97. The maximum Gasteiger partial charge on any atom is 0.126 e. The first kappa shape index (κ1) is 15.0. The molecule has 0 spiro atoms. The molecule has 2 heteroatoms. The summed E-state index contributed by atoms with van der Waals surface area (Å²) in [5, 5.41) is 3.45. The van der Waals surface area contributed by atoms with Crippen LogP contribution in [0.3, 0.4) is 0 Å². The fourth-order valence-electron chi connectivity index (χ4n) is 1.77. The van der Waals surface area contributed by atoms with Gasteiger partial charge in [-0.15, -0.1) is 0 Å². The quantitative estimate of drug-likeness (QED) is 0.791. The van der Waals surface area contributed by atoms with E-state index < -0.39 is 0 Å². The molecule has 1 aromatic rings. The summed E-state index contributed by atoms with van der Waals surface area (Å²) >= 11 is 0. The molecule has 102 valence electrons. The summed E-state index contributed by atoms with van der Waals surface area (Å²) in [6.07, 6.45) is 1.10. The van der Waals surface area contributed by atoms with E-state index in [0.717, 1.165) is 25.3 Å². The Labute approximate surface area is 112 Å². The fourth-order valence-corrected chi connectivity index (χ4v) is 1.77. The number of nitrogens with one attached hydrogen (secondary N) is 1. The standard InChI is InChI=1S/C16H27NO/c1-12(2)9-10-18-16-14(5)7-6-8-15(16)11-17-13(3)4/h6-8,12-13,17H,9-11H2,1-5H3. The molecule has 1 aromatic carbocycles. The lowest BCUT2D eigenvalue weighted by Gasteiger charge is -2.16. The third-order valence-electron chi connectivity index (χ3n) is 2.94. The zero-order valence-corrected chi connectivity index (χ0v) is 12.4. The van der Waals surface area contributed by atoms with Crippen LogP contribution in [0.4, 0.5) is 0 Å². The maximum atomic E-state index is 5.97. The van der Waals surface area contributed by atoms with Crippen LogP contribution in [0, 0.1) is 12.8 Å². The molecule has 0 aliphatic rings. The third kappa shape index (κ3) is 5.09. The highest BCUT2D eigenvalue weighted by atomic mass is 16.5. The molecule has 0 saturated heterocycles. The van der Waals surface area contributed by atoms with Crippen molar-refractivity contribution in [3.63, 3.8) is 0 Å². The van der Waals surface area contributed by atoms with Crippen molar-refractivity contribution in [3.8, 4) is 5.75 Å². The molecule has 0 fully saturated rings. The van der Waals surface area contributed by atoms with Gasteiger partial charge in [-0.2, -0.15) is 0 Å². The van der Waals surface area contributed by atoms with Crippen LogP contribution in [0.2, 0.25) is 0 Å². The molecule has 0 atom stereocenters. The highest BCUT2D eigenvalue weighted by molar-refractivity contribution is 5.40. The first-order valence-electron chi connectivity index (χ1n) is 6.95. The van der Waals surface area contributed by atoms with Crippen molar-refractivity contribution < 1.29 is 4.74 Å². The van der Waals surface area contributed by atoms with E-state index in [-0.39, 0.29) is 0 Å². The van der Waals surface area contributed by atoms with Gasteiger partial charge in [0.25, 0.3) is 0 Å². The molecular weight excluding hydrogens is 222 g/mol. The summed E-state index contributed by atoms with van der Waals surface area (Å²) in [6, 6.07) is 6.85. The van der Waals surface area contributed by atoms with Gasteiger partial charge in [-0.05, 0) is 24.8 Å². The fraction of sp³-hybridized carbons (Fsp3) is 0.625. The molecule has 1 rings (SSSR count). The van der Waals surface area contributed by atoms with Crippen molar-refractivity contribution in [1.29, 1.82) is 0 Å². The highest BCUT2D eigenvalue weighted by Crippen LogP contribution is 2.24. The Morgan fingerprint density at radius 1 is 1.17 bits per heavy atom. The highest BCUT2D eigenvalue weighted by Gasteiger charge is 2.07. The van der Waals surface area contributed by atoms with Crippen molar-refractivity contribution in [2.75, 3.05) is 6.61 Å². The molecule has 0 aromatic heterocycles. The van der Waals surface area contributed by atoms with Gasteiger partial charge in [-0.1, -0.05) is 45.9 Å². The van der Waals surface area contributed by atoms with E-state index in [1.165, 1.54) is 11.1 Å². The van der Waals surface area contributed by atoms with E-state index in [0.29, 0.717) is 12.0 Å². The molecule has 0 saturated carbocycles. The molecule has 0 aliphatic heterocycles. The summed E-state index contributed by atoms with van der Waals surface area (Å²) in [7, 11) is 0. The first-order chi connectivity index (χ1) is 8.50. The monoisotopic (exact) mass is 249 g/mol. The van der Waals surface area contributed by atoms with Gasteiger partial charge in [0, 0.05) is 18.2 Å². The zero-order chi connectivity index (χ0) is 13.5. The van der Waals surface area contributed by atoms with Gasteiger partial charge < -0.3 is 10.1 Å². The number of benzene rings is 1. The van der Waals surface area contributed by atoms with Crippen LogP contribution in [0.1, 0.15) is 45.2 Å². The summed E-state index contributed by atoms with van der Waals surface area (Å²) in [6.45, 7) is 12.6. The van der Waals surface area contributed by atoms with Crippen LogP contribution in [0.5, 0.6) is 5.75 Å². The van der Waals surface area contributed by atoms with Crippen LogP contribution in [0.25, 0.3) is 0 Å². The van der Waals surface area contributed by atoms with Crippen LogP contribution in [0.15, 0.2) is 18.2 Å². The van der Waals surface area contributed by atoms with Crippen molar-refractivity contribution in [2.45, 2.75) is 53.6 Å². The molecule has 0 bridgehead atoms. The number of rotatable bonds is 7. The number of para-hydroxylation sites is 1. The van der Waals surface area contributed by atoms with Gasteiger partial charge >= 0.3 is 0 Å². The van der Waals surface area contributed by atoms with Gasteiger partial charge in [0.1, 0.15) is 5.75 Å². The average Bonchev–Trinajstić information content (AvgIpc) is 2.28. The smallest absolute Gasteiger partial charge is 0.126 e. The van der Waals surface area contributed by atoms with Crippen LogP contribution < -0.4 is 10.1 Å². The molecular formula is C16H27NO. The van der Waals surface area contributed by atoms with E-state index in [1.807, 2.05) is 0 Å². The Morgan fingerprint density at radius 3 is 2.50 bits per heavy atom. The SMILES string of the molecule is Cc1cccc(CNC(C)C)c1OCCC(C)C. The van der Waals surface area contributed by atoms with Crippen molar-refractivity contribution in [1.82, 2.24) is 5.32 Å². The second kappa shape index (κ2) is 7.42. The molecule has 1 N–H and O–H groups in total. The minimum atomic E-state index is 0.494. The van der Waals surface area contributed by atoms with E-state index in [9.17, 15) is 0 Å². The van der Waals surface area contributed by atoms with Gasteiger partial charge in [-0.3, -0.25) is 0 Å². The van der Waals surface area contributed by atoms with Gasteiger partial charge in [0.2, 0.25) is 0 Å². The number of aryl methyl sites for hydroxylation is 1. The number of hydrogen-bond donors (Lipinski definition) is 1. The third-order valence-corrected chi connectivity index (χ3v) is 2.94. The van der Waals surface area contributed by atoms with Gasteiger partial charge in [0.15, 0.2) is 0 Å². The zero-order valence-electron chi connectivity index (χ0n) is 12.4. The van der Waals surface area contributed by atoms with Crippen molar-refractivity contribution in [2.24, 2.45) is 5.92 Å². The van der Waals surface area contributed by atoms with Crippen LogP contribution in [-0.2, 0) is 6.54 Å². The van der Waals surface area contributed by atoms with E-state index >= 15 is 0 Å². The summed E-state index contributed by atoms with van der Waals surface area (Å²) in [5.41, 5.74) is 2.48. The second-order valence-corrected chi connectivity index (χ2v) is 5.63. The van der Waals surface area contributed by atoms with Gasteiger partial charge in [0.05, 0.1) is 6.61 Å².